The third kappa shape index (κ3) is 4.43. The number of aromatic amines is 1. The van der Waals surface area contributed by atoms with Crippen LogP contribution in [0, 0.1) is 0 Å². The van der Waals surface area contributed by atoms with Gasteiger partial charge < -0.3 is 19.1 Å². The lowest BCUT2D eigenvalue weighted by Gasteiger charge is -2.16. The van der Waals surface area contributed by atoms with Crippen LogP contribution in [0.2, 0.25) is 0 Å². The van der Waals surface area contributed by atoms with E-state index < -0.39 is 17.6 Å². The van der Waals surface area contributed by atoms with E-state index in [4.69, 9.17) is 9.26 Å². The van der Waals surface area contributed by atoms with E-state index in [0.717, 1.165) is 28.8 Å². The topological polar surface area (TPSA) is 84.2 Å². The Morgan fingerprint density at radius 1 is 1.16 bits per heavy atom. The molecule has 0 unspecified atom stereocenters. The van der Waals surface area contributed by atoms with Crippen LogP contribution in [-0.4, -0.2) is 46.6 Å². The number of halogens is 3. The van der Waals surface area contributed by atoms with Crippen molar-refractivity contribution in [2.45, 2.75) is 12.6 Å². The minimum Gasteiger partial charge on any atom is -0.497 e. The second-order valence-electron chi connectivity index (χ2n) is 7.20. The monoisotopic (exact) mass is 444 g/mol. The molecule has 2 heterocycles. The highest BCUT2D eigenvalue weighted by atomic mass is 19.4. The van der Waals surface area contributed by atoms with Crippen molar-refractivity contribution in [3.63, 3.8) is 0 Å². The van der Waals surface area contributed by atoms with Crippen LogP contribution in [0.5, 0.6) is 5.75 Å². The number of benzene rings is 2. The number of fused-ring (bicyclic) bond motifs is 1. The van der Waals surface area contributed by atoms with Gasteiger partial charge in [0.1, 0.15) is 11.4 Å². The number of aromatic nitrogens is 3. The number of H-pyrrole nitrogens is 1. The number of ether oxygens (including phenoxy) is 1. The SMILES string of the molecule is COc1ccc2cc(-c3nc(CCN(C)C(=O)c4ccc(C(F)(F)F)cc4)no3)[nH]c2c1. The molecule has 0 saturated carbocycles. The largest absolute Gasteiger partial charge is 0.497 e. The summed E-state index contributed by atoms with van der Waals surface area (Å²) < 4.78 is 48.6. The molecule has 0 atom stereocenters. The van der Waals surface area contributed by atoms with Gasteiger partial charge in [-0.1, -0.05) is 5.16 Å². The van der Waals surface area contributed by atoms with Gasteiger partial charge in [0.05, 0.1) is 12.7 Å². The summed E-state index contributed by atoms with van der Waals surface area (Å²) in [5, 5.41) is 4.91. The highest BCUT2D eigenvalue weighted by Gasteiger charge is 2.30. The maximum absolute atomic E-state index is 12.7. The van der Waals surface area contributed by atoms with Crippen molar-refractivity contribution >= 4 is 16.8 Å². The summed E-state index contributed by atoms with van der Waals surface area (Å²) in [6.07, 6.45) is -4.12. The number of alkyl halides is 3. The molecule has 0 spiro atoms. The average Bonchev–Trinajstić information content (AvgIpc) is 3.42. The first-order valence-corrected chi connectivity index (χ1v) is 9.67. The van der Waals surface area contributed by atoms with E-state index in [2.05, 4.69) is 15.1 Å². The molecule has 7 nitrogen and oxygen atoms in total. The second-order valence-corrected chi connectivity index (χ2v) is 7.20. The number of carbonyl (C=O) groups is 1. The predicted molar refractivity (Wildman–Crippen MR) is 110 cm³/mol. The lowest BCUT2D eigenvalue weighted by molar-refractivity contribution is -0.137. The Morgan fingerprint density at radius 3 is 2.59 bits per heavy atom. The van der Waals surface area contributed by atoms with E-state index in [1.165, 1.54) is 17.0 Å². The van der Waals surface area contributed by atoms with Gasteiger partial charge in [0.15, 0.2) is 5.82 Å². The number of nitrogens with one attached hydrogen (secondary N) is 1. The molecule has 2 aromatic carbocycles. The summed E-state index contributed by atoms with van der Waals surface area (Å²) in [5.41, 5.74) is 0.886. The maximum atomic E-state index is 12.7. The fraction of sp³-hybridized carbons (Fsp3) is 0.227. The molecular weight excluding hydrogens is 425 g/mol. The summed E-state index contributed by atoms with van der Waals surface area (Å²) in [5.74, 6) is 1.04. The first kappa shape index (κ1) is 21.4. The van der Waals surface area contributed by atoms with Crippen molar-refractivity contribution in [1.82, 2.24) is 20.0 Å². The number of hydrogen-bond acceptors (Lipinski definition) is 5. The number of rotatable bonds is 6. The van der Waals surface area contributed by atoms with Crippen LogP contribution in [0.3, 0.4) is 0 Å². The van der Waals surface area contributed by atoms with E-state index in [1.54, 1.807) is 14.2 Å². The molecule has 4 rings (SSSR count). The van der Waals surface area contributed by atoms with Gasteiger partial charge in [-0.2, -0.15) is 18.2 Å². The van der Waals surface area contributed by atoms with Crippen LogP contribution in [-0.2, 0) is 12.6 Å². The Balaban J connectivity index is 1.40. The van der Waals surface area contributed by atoms with Gasteiger partial charge in [0.2, 0.25) is 0 Å². The lowest BCUT2D eigenvalue weighted by atomic mass is 10.1. The van der Waals surface area contributed by atoms with Crippen molar-refractivity contribution in [1.29, 1.82) is 0 Å². The third-order valence-corrected chi connectivity index (χ3v) is 5.00. The molecule has 10 heteroatoms. The van der Waals surface area contributed by atoms with Crippen LogP contribution in [0.4, 0.5) is 13.2 Å². The van der Waals surface area contributed by atoms with Gasteiger partial charge in [-0.25, -0.2) is 0 Å². The number of hydrogen-bond donors (Lipinski definition) is 1. The van der Waals surface area contributed by atoms with Crippen molar-refractivity contribution < 1.29 is 27.2 Å². The Kier molecular flexibility index (Phi) is 5.60. The normalized spacial score (nSPS) is 11.7. The van der Waals surface area contributed by atoms with Crippen molar-refractivity contribution in [3.05, 3.63) is 65.5 Å². The van der Waals surface area contributed by atoms with E-state index >= 15 is 0 Å². The highest BCUT2D eigenvalue weighted by Crippen LogP contribution is 2.29. The quantitative estimate of drug-likeness (QED) is 0.471. The average molecular weight is 444 g/mol. The molecule has 32 heavy (non-hydrogen) atoms. The standard InChI is InChI=1S/C22H19F3N4O3/c1-29(21(30)13-3-6-15(7-4-13)22(23,24)25)10-9-19-27-20(32-28-19)18-11-14-5-8-16(31-2)12-17(14)26-18/h3-8,11-12,26H,9-10H2,1-2H3. The number of likely N-dealkylation sites (N-methyl/N-ethyl adjacent to an activating group) is 1. The minimum absolute atomic E-state index is 0.169. The number of nitrogens with zero attached hydrogens (tertiary/aromatic N) is 3. The molecule has 0 aliphatic carbocycles. The van der Waals surface area contributed by atoms with Crippen molar-refractivity contribution in [2.75, 3.05) is 20.7 Å². The first-order chi connectivity index (χ1) is 15.2. The molecule has 1 N–H and O–H groups in total. The molecule has 0 radical (unpaired) electrons. The van der Waals surface area contributed by atoms with E-state index in [9.17, 15) is 18.0 Å². The summed E-state index contributed by atoms with van der Waals surface area (Å²) in [7, 11) is 3.15. The van der Waals surface area contributed by atoms with E-state index in [0.29, 0.717) is 23.8 Å². The van der Waals surface area contributed by atoms with Crippen molar-refractivity contribution in [2.24, 2.45) is 0 Å². The molecule has 1 amide bonds. The van der Waals surface area contributed by atoms with Gasteiger partial charge in [0.25, 0.3) is 11.8 Å². The zero-order valence-corrected chi connectivity index (χ0v) is 17.2. The Hall–Kier alpha value is -3.82. The molecule has 0 aliphatic heterocycles. The summed E-state index contributed by atoms with van der Waals surface area (Å²) in [4.78, 5) is 21.4. The molecule has 166 valence electrons. The zero-order valence-electron chi connectivity index (χ0n) is 17.2. The van der Waals surface area contributed by atoms with Crippen LogP contribution in [0.1, 0.15) is 21.7 Å². The Morgan fingerprint density at radius 2 is 1.91 bits per heavy atom. The minimum atomic E-state index is -4.44. The number of amides is 1. The second kappa shape index (κ2) is 8.37. The van der Waals surface area contributed by atoms with Crippen LogP contribution < -0.4 is 4.74 Å². The van der Waals surface area contributed by atoms with Crippen LogP contribution in [0.15, 0.2) is 53.1 Å². The third-order valence-electron chi connectivity index (χ3n) is 5.00. The summed E-state index contributed by atoms with van der Waals surface area (Å²) >= 11 is 0. The highest BCUT2D eigenvalue weighted by molar-refractivity contribution is 5.94. The molecule has 0 bridgehead atoms. The van der Waals surface area contributed by atoms with Gasteiger partial charge in [-0.3, -0.25) is 4.79 Å². The molecule has 0 fully saturated rings. The maximum Gasteiger partial charge on any atom is 0.416 e. The lowest BCUT2D eigenvalue weighted by Crippen LogP contribution is -2.29. The first-order valence-electron chi connectivity index (χ1n) is 9.67. The molecular formula is C22H19F3N4O3. The molecule has 4 aromatic rings. The van der Waals surface area contributed by atoms with E-state index in [-0.39, 0.29) is 12.1 Å². The number of carbonyl (C=O) groups excluding carboxylic acids is 1. The van der Waals surface area contributed by atoms with Gasteiger partial charge in [0, 0.05) is 42.5 Å². The fourth-order valence-electron chi connectivity index (χ4n) is 3.20. The van der Waals surface area contributed by atoms with Gasteiger partial charge in [-0.05, 0) is 42.5 Å². The smallest absolute Gasteiger partial charge is 0.416 e. The molecule has 2 aromatic heterocycles. The Bertz CT molecular complexity index is 1250. The van der Waals surface area contributed by atoms with Gasteiger partial charge in [-0.15, -0.1) is 0 Å². The van der Waals surface area contributed by atoms with E-state index in [1.807, 2.05) is 24.3 Å². The fourth-order valence-corrected chi connectivity index (χ4v) is 3.20. The summed E-state index contributed by atoms with van der Waals surface area (Å²) in [6.45, 7) is 0.267. The molecule has 0 aliphatic rings. The molecule has 0 saturated heterocycles. The number of methoxy groups -OCH3 is 1. The predicted octanol–water partition coefficient (Wildman–Crippen LogP) is 4.56. The van der Waals surface area contributed by atoms with Crippen molar-refractivity contribution in [3.8, 4) is 17.3 Å². The van der Waals surface area contributed by atoms with Crippen LogP contribution in [0.25, 0.3) is 22.5 Å². The Labute approximate surface area is 180 Å². The van der Waals surface area contributed by atoms with Gasteiger partial charge >= 0.3 is 6.18 Å². The summed E-state index contributed by atoms with van der Waals surface area (Å²) in [6, 6.07) is 11.6. The van der Waals surface area contributed by atoms with Crippen LogP contribution >= 0.6 is 0 Å². The zero-order chi connectivity index (χ0) is 22.9.